The second-order valence-corrected chi connectivity index (χ2v) is 6.12. The van der Waals surface area contributed by atoms with Crippen LogP contribution in [0.1, 0.15) is 62.2 Å². The summed E-state index contributed by atoms with van der Waals surface area (Å²) in [6.45, 7) is 0.546. The van der Waals surface area contributed by atoms with Crippen LogP contribution in [0.25, 0.3) is 0 Å². The molecule has 1 aromatic carbocycles. The number of aromatic nitrogens is 2. The summed E-state index contributed by atoms with van der Waals surface area (Å²) in [5.74, 6) is -1.44. The van der Waals surface area contributed by atoms with Crippen LogP contribution in [0.2, 0.25) is 0 Å². The molecule has 1 saturated heterocycles. The number of piperidine rings is 1. The molecule has 2 heterocycles. The molecule has 1 fully saturated rings. The Morgan fingerprint density at radius 1 is 1.23 bits per heavy atom. The van der Waals surface area contributed by atoms with Crippen LogP contribution in [0.15, 0.2) is 30.3 Å². The maximum absolute atomic E-state index is 13.2. The van der Waals surface area contributed by atoms with Gasteiger partial charge in [0.05, 0.1) is 30.0 Å². The Bertz CT molecular complexity index is 845. The highest BCUT2D eigenvalue weighted by Crippen LogP contribution is 2.32. The lowest BCUT2D eigenvalue weighted by atomic mass is 9.97. The molecular weight excluding hydrogens is 336 g/mol. The van der Waals surface area contributed by atoms with Crippen LogP contribution < -0.4 is 5.73 Å². The minimum absolute atomic E-state index is 0.132. The quantitative estimate of drug-likeness (QED) is 0.808. The van der Waals surface area contributed by atoms with E-state index in [1.807, 2.05) is 0 Å². The summed E-state index contributed by atoms with van der Waals surface area (Å²) in [5.41, 5.74) is 6.57. The molecule has 0 saturated carbocycles. The van der Waals surface area contributed by atoms with Crippen LogP contribution >= 0.6 is 0 Å². The number of carbonyl (C=O) groups excluding carboxylic acids is 3. The average molecular weight is 356 g/mol. The van der Waals surface area contributed by atoms with Gasteiger partial charge in [-0.15, -0.1) is 0 Å². The number of rotatable bonds is 4. The van der Waals surface area contributed by atoms with Crippen molar-refractivity contribution in [2.75, 3.05) is 13.7 Å². The summed E-state index contributed by atoms with van der Waals surface area (Å²) in [6.07, 6.45) is 2.53. The largest absolute Gasteiger partial charge is 0.465 e. The van der Waals surface area contributed by atoms with Crippen LogP contribution in [-0.4, -0.2) is 46.5 Å². The topological polar surface area (TPSA) is 118 Å². The third-order valence-corrected chi connectivity index (χ3v) is 4.54. The molecule has 26 heavy (non-hydrogen) atoms. The van der Waals surface area contributed by atoms with Crippen molar-refractivity contribution in [3.8, 4) is 0 Å². The summed E-state index contributed by atoms with van der Waals surface area (Å²) in [5, 5.41) is 6.71. The standard InChI is InChI=1S/C18H20N4O4/c1-26-18(25)12-7-3-2-6-11(12)17(24)22-9-5-4-8-15(22)13-10-14(16(19)23)21-20-13/h2-3,6-7,10,15H,4-5,8-9H2,1H3,(H2,19,23)(H,20,21)/t15-/m1/s1. The number of likely N-dealkylation sites (tertiary alicyclic amines) is 1. The van der Waals surface area contributed by atoms with Crippen molar-refractivity contribution in [1.82, 2.24) is 15.1 Å². The average Bonchev–Trinajstić information content (AvgIpc) is 3.17. The number of carbonyl (C=O) groups is 3. The fraction of sp³-hybridized carbons (Fsp3) is 0.333. The molecule has 1 aromatic heterocycles. The first-order valence-corrected chi connectivity index (χ1v) is 8.36. The number of ether oxygens (including phenoxy) is 1. The molecule has 1 aliphatic rings. The summed E-state index contributed by atoms with van der Waals surface area (Å²) >= 11 is 0. The van der Waals surface area contributed by atoms with Crippen LogP contribution in [0.4, 0.5) is 0 Å². The molecule has 2 aromatic rings. The molecule has 8 nitrogen and oxygen atoms in total. The Morgan fingerprint density at radius 2 is 1.96 bits per heavy atom. The molecular formula is C18H20N4O4. The minimum atomic E-state index is -0.628. The molecule has 0 bridgehead atoms. The van der Waals surface area contributed by atoms with Crippen molar-refractivity contribution in [3.05, 3.63) is 52.8 Å². The van der Waals surface area contributed by atoms with Crippen molar-refractivity contribution >= 4 is 17.8 Å². The molecule has 0 aliphatic carbocycles. The minimum Gasteiger partial charge on any atom is -0.465 e. The zero-order valence-electron chi connectivity index (χ0n) is 14.4. The molecule has 3 rings (SSSR count). The van der Waals surface area contributed by atoms with Crippen molar-refractivity contribution in [1.29, 1.82) is 0 Å². The van der Waals surface area contributed by atoms with Crippen LogP contribution in [-0.2, 0) is 4.74 Å². The number of primary amides is 1. The number of H-pyrrole nitrogens is 1. The summed E-state index contributed by atoms with van der Waals surface area (Å²) in [6, 6.07) is 7.89. The molecule has 2 amide bonds. The normalized spacial score (nSPS) is 17.0. The Labute approximate surface area is 150 Å². The number of esters is 1. The number of nitrogens with two attached hydrogens (primary N) is 1. The van der Waals surface area contributed by atoms with Crippen LogP contribution in [0.3, 0.4) is 0 Å². The van der Waals surface area contributed by atoms with E-state index in [-0.39, 0.29) is 23.2 Å². The van der Waals surface area contributed by atoms with E-state index in [2.05, 4.69) is 10.2 Å². The van der Waals surface area contributed by atoms with Gasteiger partial charge < -0.3 is 15.4 Å². The predicted octanol–water partition coefficient (Wildman–Crippen LogP) is 1.66. The number of nitrogens with zero attached hydrogens (tertiary/aromatic N) is 2. The first-order valence-electron chi connectivity index (χ1n) is 8.36. The molecule has 3 N–H and O–H groups in total. The van der Waals surface area contributed by atoms with Crippen molar-refractivity contribution in [3.63, 3.8) is 0 Å². The summed E-state index contributed by atoms with van der Waals surface area (Å²) in [7, 11) is 1.28. The third kappa shape index (κ3) is 3.30. The molecule has 0 unspecified atom stereocenters. The number of amides is 2. The van der Waals surface area contributed by atoms with Gasteiger partial charge in [0, 0.05) is 6.54 Å². The predicted molar refractivity (Wildman–Crippen MR) is 92.5 cm³/mol. The highest BCUT2D eigenvalue weighted by Gasteiger charge is 2.32. The van der Waals surface area contributed by atoms with Crippen molar-refractivity contribution in [2.45, 2.75) is 25.3 Å². The fourth-order valence-corrected chi connectivity index (χ4v) is 3.24. The number of benzene rings is 1. The van der Waals surface area contributed by atoms with E-state index in [0.29, 0.717) is 17.8 Å². The maximum Gasteiger partial charge on any atom is 0.338 e. The van der Waals surface area contributed by atoms with Gasteiger partial charge in [0.2, 0.25) is 0 Å². The Hall–Kier alpha value is -3.16. The monoisotopic (exact) mass is 356 g/mol. The summed E-state index contributed by atoms with van der Waals surface area (Å²) < 4.78 is 4.78. The van der Waals surface area contributed by atoms with Gasteiger partial charge in [-0.3, -0.25) is 14.7 Å². The molecule has 1 atom stereocenters. The van der Waals surface area contributed by atoms with E-state index in [1.54, 1.807) is 35.2 Å². The lowest BCUT2D eigenvalue weighted by Gasteiger charge is -2.35. The smallest absolute Gasteiger partial charge is 0.338 e. The van der Waals surface area contributed by atoms with E-state index in [0.717, 1.165) is 19.3 Å². The molecule has 136 valence electrons. The van der Waals surface area contributed by atoms with Crippen molar-refractivity contribution < 1.29 is 19.1 Å². The lowest BCUT2D eigenvalue weighted by molar-refractivity contribution is 0.0560. The second kappa shape index (κ2) is 7.38. The Morgan fingerprint density at radius 3 is 2.62 bits per heavy atom. The number of hydrogen-bond donors (Lipinski definition) is 2. The van der Waals surface area contributed by atoms with Gasteiger partial charge >= 0.3 is 5.97 Å². The summed E-state index contributed by atoms with van der Waals surface area (Å²) in [4.78, 5) is 38.1. The lowest BCUT2D eigenvalue weighted by Crippen LogP contribution is -2.39. The van der Waals surface area contributed by atoms with E-state index < -0.39 is 11.9 Å². The van der Waals surface area contributed by atoms with Gasteiger partial charge in [-0.1, -0.05) is 12.1 Å². The van der Waals surface area contributed by atoms with Gasteiger partial charge in [-0.05, 0) is 37.5 Å². The highest BCUT2D eigenvalue weighted by atomic mass is 16.5. The van der Waals surface area contributed by atoms with Gasteiger partial charge in [-0.25, -0.2) is 4.79 Å². The third-order valence-electron chi connectivity index (χ3n) is 4.54. The van der Waals surface area contributed by atoms with Crippen molar-refractivity contribution in [2.24, 2.45) is 5.73 Å². The Balaban J connectivity index is 1.94. The van der Waals surface area contributed by atoms with Gasteiger partial charge in [0.15, 0.2) is 0 Å². The van der Waals surface area contributed by atoms with Crippen LogP contribution in [0.5, 0.6) is 0 Å². The number of hydrogen-bond acceptors (Lipinski definition) is 5. The van der Waals surface area contributed by atoms with E-state index >= 15 is 0 Å². The highest BCUT2D eigenvalue weighted by molar-refractivity contribution is 6.05. The van der Waals surface area contributed by atoms with E-state index in [9.17, 15) is 14.4 Å². The zero-order valence-corrected chi connectivity index (χ0v) is 14.4. The van der Waals surface area contributed by atoms with Gasteiger partial charge in [0.25, 0.3) is 11.8 Å². The molecule has 8 heteroatoms. The molecule has 0 spiro atoms. The van der Waals surface area contributed by atoms with Gasteiger partial charge in [-0.2, -0.15) is 5.10 Å². The molecule has 0 radical (unpaired) electrons. The first-order chi connectivity index (χ1) is 12.5. The number of methoxy groups -OCH3 is 1. The van der Waals surface area contributed by atoms with Gasteiger partial charge in [0.1, 0.15) is 5.69 Å². The van der Waals surface area contributed by atoms with E-state index in [4.69, 9.17) is 10.5 Å². The zero-order chi connectivity index (χ0) is 18.7. The second-order valence-electron chi connectivity index (χ2n) is 6.12. The maximum atomic E-state index is 13.2. The SMILES string of the molecule is COC(=O)c1ccccc1C(=O)N1CCCC[C@@H]1c1cc(C(N)=O)n[nH]1. The fourth-order valence-electron chi connectivity index (χ4n) is 3.24. The Kier molecular flexibility index (Phi) is 5.01. The van der Waals surface area contributed by atoms with E-state index in [1.165, 1.54) is 7.11 Å². The molecule has 1 aliphatic heterocycles. The van der Waals surface area contributed by atoms with Crippen LogP contribution in [0, 0.1) is 0 Å². The number of aromatic amines is 1. The first kappa shape index (κ1) is 17.7. The number of nitrogens with one attached hydrogen (secondary N) is 1.